The average Bonchev–Trinajstić information content (AvgIpc) is 3.11. The van der Waals surface area contributed by atoms with Crippen molar-refractivity contribution in [3.8, 4) is 0 Å². The van der Waals surface area contributed by atoms with Crippen molar-refractivity contribution in [3.05, 3.63) is 23.5 Å². The number of carbonyl (C=O) groups excluding carboxylic acids is 3. The van der Waals surface area contributed by atoms with Gasteiger partial charge in [-0.25, -0.2) is 0 Å². The molecular weight excluding hydrogens is 608 g/mol. The molecule has 11 heteroatoms. The molecule has 0 amide bonds. The first-order valence-electron chi connectivity index (χ1n) is 17.0. The number of allylic oxidation sites excluding steroid dienone is 4. The van der Waals surface area contributed by atoms with Crippen molar-refractivity contribution in [1.29, 1.82) is 0 Å². The highest BCUT2D eigenvalue weighted by Gasteiger charge is 2.73. The highest BCUT2D eigenvalue weighted by molar-refractivity contribution is 6.02. The Labute approximate surface area is 276 Å². The van der Waals surface area contributed by atoms with Crippen molar-refractivity contribution >= 4 is 17.3 Å². The third-order valence-electron chi connectivity index (χ3n) is 13.7. The van der Waals surface area contributed by atoms with E-state index < -0.39 is 76.6 Å². The summed E-state index contributed by atoms with van der Waals surface area (Å²) in [6, 6.07) is 0. The number of aliphatic hydroxyl groups is 5. The van der Waals surface area contributed by atoms with Crippen molar-refractivity contribution in [2.24, 2.45) is 45.3 Å². The van der Waals surface area contributed by atoms with Crippen LogP contribution >= 0.6 is 0 Å². The summed E-state index contributed by atoms with van der Waals surface area (Å²) in [4.78, 5) is 42.2. The molecule has 0 unspecified atom stereocenters. The molecule has 47 heavy (non-hydrogen) atoms. The lowest BCUT2D eigenvalue weighted by Crippen LogP contribution is -2.63. The fourth-order valence-electron chi connectivity index (χ4n) is 10.6. The number of Topliss-reactive ketones (excluding diaryl/α,β-unsaturated/α-hetero) is 3. The Morgan fingerprint density at radius 3 is 2.26 bits per heavy atom. The molecule has 0 aromatic rings. The summed E-state index contributed by atoms with van der Waals surface area (Å²) in [7, 11) is 0. The van der Waals surface area contributed by atoms with Crippen LogP contribution in [0, 0.1) is 45.3 Å². The average molecular weight is 661 g/mol. The molecule has 14 atom stereocenters. The SMILES string of the molecule is C[C@@H]1C(=O)C[C@@H](C(C)(C)O)O[C@@H]2C[C@@]3(C)[C@@H]4CC=C5[C@@H](C=C(O[C@@H]6O[C@H](CO)[C@@H](O)[C@H](O)[C@H]6O)C(=O)C5(C)C)[C@]4(C)C(=O)C[C@]3(C)[C@@H]12. The lowest BCUT2D eigenvalue weighted by atomic mass is 9.39. The lowest BCUT2D eigenvalue weighted by molar-refractivity contribution is -0.291. The molecule has 6 rings (SSSR count). The maximum absolute atomic E-state index is 14.8. The van der Waals surface area contributed by atoms with Crippen LogP contribution in [0.3, 0.4) is 0 Å². The Kier molecular flexibility index (Phi) is 8.16. The van der Waals surface area contributed by atoms with Gasteiger partial charge in [0.1, 0.15) is 36.0 Å². The van der Waals surface area contributed by atoms with Gasteiger partial charge in [-0.2, -0.15) is 0 Å². The number of hydrogen-bond donors (Lipinski definition) is 5. The maximum atomic E-state index is 14.8. The van der Waals surface area contributed by atoms with Gasteiger partial charge in [0.05, 0.1) is 29.8 Å². The summed E-state index contributed by atoms with van der Waals surface area (Å²) in [6.45, 7) is 14.5. The van der Waals surface area contributed by atoms with Crippen LogP contribution in [0.5, 0.6) is 0 Å². The minimum atomic E-state index is -1.70. The van der Waals surface area contributed by atoms with Gasteiger partial charge in [0.15, 0.2) is 5.76 Å². The summed E-state index contributed by atoms with van der Waals surface area (Å²) in [5.41, 5.74) is -3.42. The van der Waals surface area contributed by atoms with Crippen LogP contribution in [0.25, 0.3) is 0 Å². The van der Waals surface area contributed by atoms with Crippen LogP contribution in [0.4, 0.5) is 0 Å². The van der Waals surface area contributed by atoms with Gasteiger partial charge in [-0.1, -0.05) is 39.3 Å². The van der Waals surface area contributed by atoms with E-state index in [4.69, 9.17) is 14.2 Å². The third-order valence-corrected chi connectivity index (χ3v) is 13.7. The standard InChI is InChI=1S/C36H52O11/c1-16-19(38)12-25(33(4,5)44)45-21-13-34(6)23-10-9-17-18(36(23,8)24(39)14-35(34,7)26(16)21)11-20(30(43)32(17,2)3)46-31-29(42)28(41)27(40)22(15-37)47-31/h9,11,16,18,21-23,25-29,31,37,40-42,44H,10,12-15H2,1-8H3/t16-,18-,21-,22-,23+,25+,26+,27-,28+,29-,31-,34+,35-,36+/m1/s1. The van der Waals surface area contributed by atoms with Crippen molar-refractivity contribution in [3.63, 3.8) is 0 Å². The molecule has 2 heterocycles. The predicted octanol–water partition coefficient (Wildman–Crippen LogP) is 2.00. The molecule has 11 nitrogen and oxygen atoms in total. The summed E-state index contributed by atoms with van der Waals surface area (Å²) in [5, 5.41) is 51.9. The smallest absolute Gasteiger partial charge is 0.229 e. The van der Waals surface area contributed by atoms with Gasteiger partial charge in [0, 0.05) is 36.0 Å². The summed E-state index contributed by atoms with van der Waals surface area (Å²) in [6.07, 6.45) is -3.43. The first-order chi connectivity index (χ1) is 21.6. The number of fused-ring (bicyclic) bond motifs is 7. The molecule has 4 aliphatic carbocycles. The molecule has 2 saturated carbocycles. The zero-order chi connectivity index (χ0) is 34.8. The van der Waals surface area contributed by atoms with Crippen LogP contribution < -0.4 is 0 Å². The molecule has 262 valence electrons. The van der Waals surface area contributed by atoms with E-state index in [0.717, 1.165) is 5.57 Å². The van der Waals surface area contributed by atoms with Crippen molar-refractivity contribution in [2.75, 3.05) is 6.61 Å². The largest absolute Gasteiger partial charge is 0.459 e. The molecule has 6 aliphatic rings. The van der Waals surface area contributed by atoms with E-state index in [-0.39, 0.29) is 59.8 Å². The number of ketones is 3. The Balaban J connectivity index is 1.40. The van der Waals surface area contributed by atoms with E-state index in [9.17, 15) is 39.9 Å². The van der Waals surface area contributed by atoms with E-state index in [1.165, 1.54) is 0 Å². The monoisotopic (exact) mass is 660 g/mol. The van der Waals surface area contributed by atoms with Gasteiger partial charge in [0.2, 0.25) is 12.1 Å². The van der Waals surface area contributed by atoms with Crippen molar-refractivity contribution in [1.82, 2.24) is 0 Å². The first kappa shape index (κ1) is 34.9. The second-order valence-electron chi connectivity index (χ2n) is 16.9. The Morgan fingerprint density at radius 2 is 1.64 bits per heavy atom. The normalized spacial score (nSPS) is 49.6. The van der Waals surface area contributed by atoms with Gasteiger partial charge in [0.25, 0.3) is 0 Å². The molecule has 4 fully saturated rings. The van der Waals surface area contributed by atoms with Crippen LogP contribution in [0.15, 0.2) is 23.5 Å². The van der Waals surface area contributed by atoms with E-state index in [1.807, 2.05) is 13.8 Å². The Hall–Kier alpha value is -1.99. The van der Waals surface area contributed by atoms with E-state index in [2.05, 4.69) is 19.9 Å². The topological polar surface area (TPSA) is 180 Å². The molecule has 0 bridgehead atoms. The number of ether oxygens (including phenoxy) is 3. The molecule has 0 aromatic carbocycles. The van der Waals surface area contributed by atoms with Crippen molar-refractivity contribution in [2.45, 2.75) is 130 Å². The third kappa shape index (κ3) is 4.74. The van der Waals surface area contributed by atoms with Crippen molar-refractivity contribution < 1.29 is 54.1 Å². The van der Waals surface area contributed by atoms with Crippen LogP contribution in [-0.4, -0.2) is 98.0 Å². The summed E-state index contributed by atoms with van der Waals surface area (Å²) >= 11 is 0. The van der Waals surface area contributed by atoms with E-state index in [0.29, 0.717) is 12.8 Å². The first-order valence-corrected chi connectivity index (χ1v) is 17.0. The zero-order valence-corrected chi connectivity index (χ0v) is 28.7. The van der Waals surface area contributed by atoms with E-state index in [1.54, 1.807) is 33.8 Å². The minimum absolute atomic E-state index is 0.0344. The van der Waals surface area contributed by atoms with Crippen LogP contribution in [0.2, 0.25) is 0 Å². The zero-order valence-electron chi connectivity index (χ0n) is 28.7. The Morgan fingerprint density at radius 1 is 0.979 bits per heavy atom. The number of rotatable bonds is 4. The predicted molar refractivity (Wildman–Crippen MR) is 167 cm³/mol. The molecule has 5 N–H and O–H groups in total. The summed E-state index contributed by atoms with van der Waals surface area (Å²) in [5.74, 6) is -1.68. The molecular formula is C36H52O11. The maximum Gasteiger partial charge on any atom is 0.229 e. The van der Waals surface area contributed by atoms with Gasteiger partial charge < -0.3 is 39.7 Å². The molecule has 0 spiro atoms. The van der Waals surface area contributed by atoms with Gasteiger partial charge in [-0.05, 0) is 63.4 Å². The second-order valence-corrected chi connectivity index (χ2v) is 16.9. The lowest BCUT2D eigenvalue weighted by Gasteiger charge is -2.63. The highest BCUT2D eigenvalue weighted by Crippen LogP contribution is 2.74. The number of carbonyl (C=O) groups is 3. The van der Waals surface area contributed by atoms with E-state index >= 15 is 0 Å². The molecule has 0 aromatic heterocycles. The number of aliphatic hydroxyl groups excluding tert-OH is 4. The van der Waals surface area contributed by atoms with Crippen LogP contribution in [0.1, 0.15) is 81.1 Å². The second kappa shape index (κ2) is 11.0. The van der Waals surface area contributed by atoms with Gasteiger partial charge in [-0.3, -0.25) is 14.4 Å². The molecule has 0 radical (unpaired) electrons. The Bertz CT molecular complexity index is 1410. The fourth-order valence-corrected chi connectivity index (χ4v) is 10.6. The van der Waals surface area contributed by atoms with Crippen LogP contribution in [-0.2, 0) is 28.6 Å². The van der Waals surface area contributed by atoms with Gasteiger partial charge in [-0.15, -0.1) is 0 Å². The summed E-state index contributed by atoms with van der Waals surface area (Å²) < 4.78 is 18.2. The van der Waals surface area contributed by atoms with Gasteiger partial charge >= 0.3 is 0 Å². The molecule has 2 saturated heterocycles. The highest BCUT2D eigenvalue weighted by atomic mass is 16.7. The fraction of sp³-hybridized carbons (Fsp3) is 0.806. The quantitative estimate of drug-likeness (QED) is 0.279. The number of hydrogen-bond acceptors (Lipinski definition) is 11. The minimum Gasteiger partial charge on any atom is -0.459 e. The molecule has 2 aliphatic heterocycles.